The van der Waals surface area contributed by atoms with Crippen LogP contribution in [0.4, 0.5) is 0 Å². The lowest BCUT2D eigenvalue weighted by Gasteiger charge is -1.93. The SMILES string of the molecule is O=Cc1occc1CC(=O)CO. The monoisotopic (exact) mass is 168 g/mol. The number of rotatable bonds is 4. The van der Waals surface area contributed by atoms with Gasteiger partial charge >= 0.3 is 0 Å². The van der Waals surface area contributed by atoms with E-state index < -0.39 is 6.61 Å². The molecule has 0 spiro atoms. The van der Waals surface area contributed by atoms with Crippen LogP contribution in [0.15, 0.2) is 16.7 Å². The fourth-order valence-corrected chi connectivity index (χ4v) is 0.865. The Morgan fingerprint density at radius 2 is 2.42 bits per heavy atom. The minimum absolute atomic E-state index is 0.0427. The summed E-state index contributed by atoms with van der Waals surface area (Å²) in [5.41, 5.74) is 0.518. The zero-order valence-electron chi connectivity index (χ0n) is 6.32. The highest BCUT2D eigenvalue weighted by Crippen LogP contribution is 2.08. The molecule has 0 bridgehead atoms. The molecule has 0 aliphatic rings. The number of Topliss-reactive ketones (excluding diaryl/α,β-unsaturated/α-hetero) is 1. The number of aliphatic hydroxyl groups is 1. The lowest BCUT2D eigenvalue weighted by atomic mass is 10.1. The molecule has 1 aromatic heterocycles. The van der Waals surface area contributed by atoms with Crippen molar-refractivity contribution in [1.29, 1.82) is 0 Å². The molecule has 0 saturated heterocycles. The molecule has 1 aromatic rings. The Hall–Kier alpha value is -1.42. The number of aliphatic hydroxyl groups excluding tert-OH is 1. The highest BCUT2D eigenvalue weighted by atomic mass is 16.3. The molecule has 64 valence electrons. The van der Waals surface area contributed by atoms with Gasteiger partial charge in [-0.05, 0) is 6.07 Å². The Morgan fingerprint density at radius 3 is 3.00 bits per heavy atom. The van der Waals surface area contributed by atoms with Crippen LogP contribution in [0.2, 0.25) is 0 Å². The maximum atomic E-state index is 10.7. The third-order valence-electron chi connectivity index (χ3n) is 1.45. The number of hydrogen-bond donors (Lipinski definition) is 1. The Morgan fingerprint density at radius 1 is 1.67 bits per heavy atom. The van der Waals surface area contributed by atoms with Gasteiger partial charge in [0.1, 0.15) is 6.61 Å². The van der Waals surface area contributed by atoms with Gasteiger partial charge < -0.3 is 9.52 Å². The van der Waals surface area contributed by atoms with Crippen molar-refractivity contribution in [3.63, 3.8) is 0 Å². The van der Waals surface area contributed by atoms with E-state index in [1.54, 1.807) is 0 Å². The lowest BCUT2D eigenvalue weighted by Crippen LogP contribution is -2.07. The Balaban J connectivity index is 2.74. The largest absolute Gasteiger partial charge is 0.461 e. The smallest absolute Gasteiger partial charge is 0.185 e. The summed E-state index contributed by atoms with van der Waals surface area (Å²) in [4.78, 5) is 21.0. The quantitative estimate of drug-likeness (QED) is 0.652. The van der Waals surface area contributed by atoms with E-state index in [0.29, 0.717) is 11.8 Å². The van der Waals surface area contributed by atoms with E-state index in [0.717, 1.165) is 0 Å². The number of furan rings is 1. The molecule has 0 saturated carbocycles. The molecule has 1 N–H and O–H groups in total. The third kappa shape index (κ3) is 1.79. The van der Waals surface area contributed by atoms with Gasteiger partial charge in [-0.3, -0.25) is 9.59 Å². The van der Waals surface area contributed by atoms with Crippen LogP contribution in [0.5, 0.6) is 0 Å². The average molecular weight is 168 g/mol. The van der Waals surface area contributed by atoms with Gasteiger partial charge in [0.05, 0.1) is 6.26 Å². The highest BCUT2D eigenvalue weighted by molar-refractivity contribution is 5.84. The second-order valence-corrected chi connectivity index (χ2v) is 2.30. The van der Waals surface area contributed by atoms with Crippen molar-refractivity contribution < 1.29 is 19.1 Å². The molecule has 0 unspecified atom stereocenters. The number of aldehydes is 1. The van der Waals surface area contributed by atoms with Crippen molar-refractivity contribution in [1.82, 2.24) is 0 Å². The summed E-state index contributed by atoms with van der Waals surface area (Å²) in [6.45, 7) is -0.510. The van der Waals surface area contributed by atoms with Crippen LogP contribution in [0.25, 0.3) is 0 Å². The van der Waals surface area contributed by atoms with E-state index in [9.17, 15) is 9.59 Å². The zero-order chi connectivity index (χ0) is 8.97. The van der Waals surface area contributed by atoms with Crippen molar-refractivity contribution in [3.05, 3.63) is 23.7 Å². The maximum Gasteiger partial charge on any atom is 0.185 e. The van der Waals surface area contributed by atoms with Crippen LogP contribution in [-0.4, -0.2) is 23.8 Å². The summed E-state index contributed by atoms with van der Waals surface area (Å²) in [6.07, 6.45) is 1.92. The van der Waals surface area contributed by atoms with Crippen molar-refractivity contribution >= 4 is 12.1 Å². The van der Waals surface area contributed by atoms with E-state index in [4.69, 9.17) is 9.52 Å². The second-order valence-electron chi connectivity index (χ2n) is 2.30. The summed E-state index contributed by atoms with van der Waals surface area (Å²) in [5, 5.41) is 8.43. The molecular formula is C8H8O4. The molecule has 0 amide bonds. The van der Waals surface area contributed by atoms with Crippen LogP contribution < -0.4 is 0 Å². The minimum atomic E-state index is -0.510. The maximum absolute atomic E-state index is 10.7. The molecule has 0 aliphatic heterocycles. The molecular weight excluding hydrogens is 160 g/mol. The molecule has 4 nitrogen and oxygen atoms in total. The second kappa shape index (κ2) is 3.82. The molecule has 4 heteroatoms. The van der Waals surface area contributed by atoms with E-state index in [2.05, 4.69) is 0 Å². The summed E-state index contributed by atoms with van der Waals surface area (Å²) in [7, 11) is 0. The van der Waals surface area contributed by atoms with Crippen LogP contribution in [0.1, 0.15) is 16.1 Å². The lowest BCUT2D eigenvalue weighted by molar-refractivity contribution is -0.121. The topological polar surface area (TPSA) is 67.5 Å². The third-order valence-corrected chi connectivity index (χ3v) is 1.45. The molecule has 12 heavy (non-hydrogen) atoms. The van der Waals surface area contributed by atoms with Gasteiger partial charge in [0, 0.05) is 12.0 Å². The first kappa shape index (κ1) is 8.67. The van der Waals surface area contributed by atoms with E-state index in [1.165, 1.54) is 12.3 Å². The van der Waals surface area contributed by atoms with Crippen molar-refractivity contribution in [2.45, 2.75) is 6.42 Å². The van der Waals surface area contributed by atoms with Crippen LogP contribution >= 0.6 is 0 Å². The molecule has 0 atom stereocenters. The predicted octanol–water partition coefficient (Wildman–Crippen LogP) is 0.196. The number of ketones is 1. The summed E-state index contributed by atoms with van der Waals surface area (Å²) in [6, 6.07) is 1.54. The van der Waals surface area contributed by atoms with E-state index in [-0.39, 0.29) is 18.0 Å². The Labute approximate surface area is 68.8 Å². The summed E-state index contributed by atoms with van der Waals surface area (Å²) >= 11 is 0. The minimum Gasteiger partial charge on any atom is -0.461 e. The van der Waals surface area contributed by atoms with E-state index in [1.807, 2.05) is 0 Å². The van der Waals surface area contributed by atoms with Gasteiger partial charge in [-0.2, -0.15) is 0 Å². The molecule has 1 heterocycles. The first-order valence-corrected chi connectivity index (χ1v) is 3.42. The summed E-state index contributed by atoms with van der Waals surface area (Å²) < 4.78 is 4.76. The number of hydrogen-bond acceptors (Lipinski definition) is 4. The molecule has 0 aliphatic carbocycles. The average Bonchev–Trinajstić information content (AvgIpc) is 2.51. The first-order valence-electron chi connectivity index (χ1n) is 3.42. The highest BCUT2D eigenvalue weighted by Gasteiger charge is 2.08. The van der Waals surface area contributed by atoms with Gasteiger partial charge in [0.15, 0.2) is 17.8 Å². The van der Waals surface area contributed by atoms with E-state index >= 15 is 0 Å². The van der Waals surface area contributed by atoms with Gasteiger partial charge in [-0.1, -0.05) is 0 Å². The molecule has 0 aromatic carbocycles. The Bertz CT molecular complexity index is 287. The summed E-state index contributed by atoms with van der Waals surface area (Å²) in [5.74, 6) is -0.184. The number of carbonyl (C=O) groups is 2. The van der Waals surface area contributed by atoms with Crippen LogP contribution in [-0.2, 0) is 11.2 Å². The van der Waals surface area contributed by atoms with Crippen LogP contribution in [0.3, 0.4) is 0 Å². The molecule has 1 rings (SSSR count). The normalized spacial score (nSPS) is 9.75. The van der Waals surface area contributed by atoms with Gasteiger partial charge in [0.25, 0.3) is 0 Å². The van der Waals surface area contributed by atoms with Gasteiger partial charge in [-0.15, -0.1) is 0 Å². The standard InChI is InChI=1S/C8H8O4/c9-4-7(11)3-6-1-2-12-8(6)5-10/h1-2,5,9H,3-4H2. The Kier molecular flexibility index (Phi) is 2.76. The predicted molar refractivity (Wildman–Crippen MR) is 39.9 cm³/mol. The fraction of sp³-hybridized carbons (Fsp3) is 0.250. The fourth-order valence-electron chi connectivity index (χ4n) is 0.865. The van der Waals surface area contributed by atoms with Gasteiger partial charge in [0.2, 0.25) is 0 Å². The zero-order valence-corrected chi connectivity index (χ0v) is 6.32. The first-order chi connectivity index (χ1) is 5.77. The number of carbonyl (C=O) groups excluding carboxylic acids is 2. The van der Waals surface area contributed by atoms with Crippen LogP contribution in [0, 0.1) is 0 Å². The van der Waals surface area contributed by atoms with Crippen molar-refractivity contribution in [2.24, 2.45) is 0 Å². The van der Waals surface area contributed by atoms with Gasteiger partial charge in [-0.25, -0.2) is 0 Å². The molecule has 0 fully saturated rings. The van der Waals surface area contributed by atoms with Crippen molar-refractivity contribution in [3.8, 4) is 0 Å². The van der Waals surface area contributed by atoms with Crippen molar-refractivity contribution in [2.75, 3.05) is 6.61 Å². The molecule has 0 radical (unpaired) electrons.